The molecule has 0 aromatic heterocycles. The maximum absolute atomic E-state index is 11.6. The molecule has 1 saturated carbocycles. The number of benzene rings is 1. The Morgan fingerprint density at radius 1 is 1.10 bits per heavy atom. The predicted molar refractivity (Wildman–Crippen MR) is 137 cm³/mol. The quantitative estimate of drug-likeness (QED) is 0.161. The number of ether oxygens (including phenoxy) is 2. The highest BCUT2D eigenvalue weighted by Gasteiger charge is 2.14. The number of hydrogen-bond donors (Lipinski definition) is 3. The Labute approximate surface area is 204 Å². The minimum absolute atomic E-state index is 0. The molecule has 0 aliphatic heterocycles. The van der Waals surface area contributed by atoms with Gasteiger partial charge in [-0.2, -0.15) is 0 Å². The number of amides is 1. The summed E-state index contributed by atoms with van der Waals surface area (Å²) in [5.41, 5.74) is 1.01. The maximum atomic E-state index is 11.6. The summed E-state index contributed by atoms with van der Waals surface area (Å²) in [5, 5.41) is 9.45. The van der Waals surface area contributed by atoms with Crippen LogP contribution in [0.5, 0.6) is 11.5 Å². The molecule has 3 N–H and O–H groups in total. The van der Waals surface area contributed by atoms with E-state index in [2.05, 4.69) is 22.9 Å². The first-order chi connectivity index (χ1) is 14.7. The van der Waals surface area contributed by atoms with E-state index in [1.165, 1.54) is 38.5 Å². The Bertz CT molecular complexity index is 679. The topological polar surface area (TPSA) is 84.0 Å². The van der Waals surface area contributed by atoms with Gasteiger partial charge < -0.3 is 25.4 Å². The molecule has 1 aromatic carbocycles. The minimum atomic E-state index is -0.150. The lowest BCUT2D eigenvalue weighted by Gasteiger charge is -2.14. The van der Waals surface area contributed by atoms with Crippen LogP contribution in [-0.4, -0.2) is 45.2 Å². The molecule has 0 saturated heterocycles. The van der Waals surface area contributed by atoms with Crippen LogP contribution in [0.15, 0.2) is 23.2 Å². The van der Waals surface area contributed by atoms with E-state index >= 15 is 0 Å². The largest absolute Gasteiger partial charge is 0.493 e. The smallest absolute Gasteiger partial charge is 0.257 e. The zero-order chi connectivity index (χ0) is 21.6. The molecule has 0 unspecified atom stereocenters. The summed E-state index contributed by atoms with van der Waals surface area (Å²) in [5.74, 6) is 2.75. The molecule has 1 aromatic rings. The molecule has 0 spiro atoms. The Balaban J connectivity index is 0.00000480. The molecule has 0 heterocycles. The van der Waals surface area contributed by atoms with Crippen molar-refractivity contribution in [2.75, 3.05) is 33.4 Å². The van der Waals surface area contributed by atoms with Crippen LogP contribution in [0, 0.1) is 5.92 Å². The first-order valence-electron chi connectivity index (χ1n) is 11.2. The van der Waals surface area contributed by atoms with Crippen molar-refractivity contribution >= 4 is 35.8 Å². The molecule has 8 heteroatoms. The van der Waals surface area contributed by atoms with Crippen LogP contribution in [0.3, 0.4) is 0 Å². The number of nitrogens with one attached hydrogen (secondary N) is 3. The number of carbonyl (C=O) groups is 1. The number of halogens is 1. The number of likely N-dealkylation sites (N-methyl/N-ethyl adjacent to an activating group) is 1. The standard InChI is InChI=1S/C23H38N4O3.HI/c1-4-24-22(28)17-30-20-13-12-19(15-21(20)29-3)16-27-23(25-5-2)26-14-8-11-18-9-6-7-10-18;/h12-13,15,18H,4-11,14,16-17H2,1-3H3,(H,24,28)(H2,25,26,27);1H. The van der Waals surface area contributed by atoms with Gasteiger partial charge in [-0.3, -0.25) is 4.79 Å². The summed E-state index contributed by atoms with van der Waals surface area (Å²) in [6.07, 6.45) is 8.10. The van der Waals surface area contributed by atoms with Crippen molar-refractivity contribution in [3.63, 3.8) is 0 Å². The van der Waals surface area contributed by atoms with Gasteiger partial charge in [-0.15, -0.1) is 24.0 Å². The van der Waals surface area contributed by atoms with E-state index in [0.29, 0.717) is 24.6 Å². The molecular weight excluding hydrogens is 507 g/mol. The van der Waals surface area contributed by atoms with Crippen LogP contribution in [0.25, 0.3) is 0 Å². The first kappa shape index (κ1) is 27.3. The number of rotatable bonds is 12. The zero-order valence-electron chi connectivity index (χ0n) is 19.2. The highest BCUT2D eigenvalue weighted by molar-refractivity contribution is 14.0. The van der Waals surface area contributed by atoms with Crippen molar-refractivity contribution in [1.29, 1.82) is 0 Å². The minimum Gasteiger partial charge on any atom is -0.493 e. The Hall–Kier alpha value is -1.71. The van der Waals surface area contributed by atoms with E-state index in [-0.39, 0.29) is 36.5 Å². The van der Waals surface area contributed by atoms with Gasteiger partial charge in [0.25, 0.3) is 5.91 Å². The lowest BCUT2D eigenvalue weighted by Crippen LogP contribution is -2.37. The second-order valence-corrected chi connectivity index (χ2v) is 7.64. The molecule has 31 heavy (non-hydrogen) atoms. The second kappa shape index (κ2) is 16.0. The van der Waals surface area contributed by atoms with Crippen molar-refractivity contribution in [2.24, 2.45) is 10.9 Å². The number of hydrogen-bond acceptors (Lipinski definition) is 4. The van der Waals surface area contributed by atoms with Crippen LogP contribution in [0.1, 0.15) is 57.9 Å². The Kier molecular flexibility index (Phi) is 14.1. The Morgan fingerprint density at radius 2 is 1.84 bits per heavy atom. The normalized spacial score (nSPS) is 14.0. The fourth-order valence-corrected chi connectivity index (χ4v) is 3.73. The molecule has 1 amide bonds. The lowest BCUT2D eigenvalue weighted by atomic mass is 10.0. The summed E-state index contributed by atoms with van der Waals surface area (Å²) in [6, 6.07) is 5.67. The maximum Gasteiger partial charge on any atom is 0.257 e. The third-order valence-electron chi connectivity index (χ3n) is 5.28. The van der Waals surface area contributed by atoms with E-state index in [1.807, 2.05) is 25.1 Å². The van der Waals surface area contributed by atoms with Gasteiger partial charge in [0.05, 0.1) is 13.7 Å². The molecule has 1 aliphatic rings. The van der Waals surface area contributed by atoms with Crippen molar-refractivity contribution in [1.82, 2.24) is 16.0 Å². The lowest BCUT2D eigenvalue weighted by molar-refractivity contribution is -0.123. The fraction of sp³-hybridized carbons (Fsp3) is 0.652. The second-order valence-electron chi connectivity index (χ2n) is 7.64. The third kappa shape index (κ3) is 10.4. The molecule has 0 bridgehead atoms. The van der Waals surface area contributed by atoms with Crippen LogP contribution < -0.4 is 25.4 Å². The number of guanidine groups is 1. The number of nitrogens with zero attached hydrogens (tertiary/aromatic N) is 1. The molecule has 2 rings (SSSR count). The molecule has 176 valence electrons. The van der Waals surface area contributed by atoms with Crippen LogP contribution in [-0.2, 0) is 11.3 Å². The van der Waals surface area contributed by atoms with Gasteiger partial charge in [0.2, 0.25) is 0 Å². The number of carbonyl (C=O) groups excluding carboxylic acids is 1. The first-order valence-corrected chi connectivity index (χ1v) is 11.2. The summed E-state index contributed by atoms with van der Waals surface area (Å²) in [4.78, 5) is 16.3. The van der Waals surface area contributed by atoms with Crippen molar-refractivity contribution < 1.29 is 14.3 Å². The average Bonchev–Trinajstić information content (AvgIpc) is 3.27. The summed E-state index contributed by atoms with van der Waals surface area (Å²) >= 11 is 0. The summed E-state index contributed by atoms with van der Waals surface area (Å²) in [6.45, 7) is 6.79. The van der Waals surface area contributed by atoms with Gasteiger partial charge in [-0.25, -0.2) is 4.99 Å². The van der Waals surface area contributed by atoms with E-state index in [4.69, 9.17) is 14.5 Å². The van der Waals surface area contributed by atoms with E-state index in [0.717, 1.165) is 30.5 Å². The van der Waals surface area contributed by atoms with Crippen LogP contribution in [0.2, 0.25) is 0 Å². The summed E-state index contributed by atoms with van der Waals surface area (Å²) in [7, 11) is 1.59. The molecule has 1 fully saturated rings. The van der Waals surface area contributed by atoms with Gasteiger partial charge in [-0.1, -0.05) is 31.7 Å². The van der Waals surface area contributed by atoms with Gasteiger partial charge >= 0.3 is 0 Å². The van der Waals surface area contributed by atoms with E-state index in [1.54, 1.807) is 7.11 Å². The van der Waals surface area contributed by atoms with Crippen molar-refractivity contribution in [3.05, 3.63) is 23.8 Å². The molecule has 0 atom stereocenters. The number of methoxy groups -OCH3 is 1. The fourth-order valence-electron chi connectivity index (χ4n) is 3.73. The monoisotopic (exact) mass is 546 g/mol. The highest BCUT2D eigenvalue weighted by atomic mass is 127. The van der Waals surface area contributed by atoms with Crippen LogP contribution in [0.4, 0.5) is 0 Å². The van der Waals surface area contributed by atoms with E-state index in [9.17, 15) is 4.79 Å². The number of aliphatic imine (C=N–C) groups is 1. The van der Waals surface area contributed by atoms with Gasteiger partial charge in [0.1, 0.15) is 0 Å². The van der Waals surface area contributed by atoms with Gasteiger partial charge in [0.15, 0.2) is 24.1 Å². The zero-order valence-corrected chi connectivity index (χ0v) is 21.5. The molecule has 1 aliphatic carbocycles. The predicted octanol–water partition coefficient (Wildman–Crippen LogP) is 3.85. The summed E-state index contributed by atoms with van der Waals surface area (Å²) < 4.78 is 11.0. The average molecular weight is 546 g/mol. The van der Waals surface area contributed by atoms with E-state index < -0.39 is 0 Å². The Morgan fingerprint density at radius 3 is 2.52 bits per heavy atom. The van der Waals surface area contributed by atoms with Crippen LogP contribution >= 0.6 is 24.0 Å². The molecule has 7 nitrogen and oxygen atoms in total. The molecule has 0 radical (unpaired) electrons. The molecular formula is C23H39IN4O3. The van der Waals surface area contributed by atoms with Gasteiger partial charge in [0, 0.05) is 19.6 Å². The van der Waals surface area contributed by atoms with Crippen molar-refractivity contribution in [2.45, 2.75) is 58.9 Å². The third-order valence-corrected chi connectivity index (χ3v) is 5.28. The van der Waals surface area contributed by atoms with Crippen molar-refractivity contribution in [3.8, 4) is 11.5 Å². The van der Waals surface area contributed by atoms with Gasteiger partial charge in [-0.05, 0) is 50.3 Å². The highest BCUT2D eigenvalue weighted by Crippen LogP contribution is 2.29. The SMILES string of the molecule is CCNC(=O)COc1ccc(CN=C(NCC)NCCCC2CCCC2)cc1OC.I.